The van der Waals surface area contributed by atoms with Crippen LogP contribution in [0.2, 0.25) is 0 Å². The summed E-state index contributed by atoms with van der Waals surface area (Å²) in [5.41, 5.74) is 2.10. The fourth-order valence-electron chi connectivity index (χ4n) is 3.20. The van der Waals surface area contributed by atoms with E-state index in [9.17, 15) is 19.8 Å². The number of anilines is 1. The molecule has 0 spiro atoms. The third-order valence-corrected chi connectivity index (χ3v) is 5.05. The van der Waals surface area contributed by atoms with E-state index in [1.807, 2.05) is 6.07 Å². The number of ether oxygens (including phenoxy) is 3. The minimum absolute atomic E-state index is 0.151. The van der Waals surface area contributed by atoms with Crippen molar-refractivity contribution in [2.75, 3.05) is 19.0 Å². The molecule has 0 bridgehead atoms. The minimum atomic E-state index is -2.19. The van der Waals surface area contributed by atoms with Crippen LogP contribution in [0.1, 0.15) is 22.8 Å². The number of ketones is 1. The summed E-state index contributed by atoms with van der Waals surface area (Å²) in [5, 5.41) is 39.7. The molecule has 3 aromatic rings. The number of hydrogen-bond donors (Lipinski definition) is 5. The molecule has 0 amide bonds. The number of nitrogens with one attached hydrogen (secondary N) is 1. The van der Waals surface area contributed by atoms with E-state index < -0.39 is 37.6 Å². The Bertz CT molecular complexity index is 1150. The molecule has 3 atom stereocenters. The van der Waals surface area contributed by atoms with Crippen LogP contribution in [0.4, 0.5) is 10.7 Å². The lowest BCUT2D eigenvalue weighted by molar-refractivity contribution is -0.262. The number of rotatable bonds is 11. The van der Waals surface area contributed by atoms with Gasteiger partial charge in [0.2, 0.25) is 18.5 Å². The number of benzene rings is 2. The molecule has 0 saturated carbocycles. The first-order valence-corrected chi connectivity index (χ1v) is 10.7. The largest absolute Gasteiger partial charge is 0.510 e. The van der Waals surface area contributed by atoms with Crippen LogP contribution in [0.15, 0.2) is 48.5 Å². The SMILES string of the molecule is CNc1nc2cc(C(=O)c3ccccc3)ccc2n1COC(=O)OCC(OC(O)C(O)O)C(C)O. The van der Waals surface area contributed by atoms with Crippen molar-refractivity contribution >= 4 is 28.9 Å². The van der Waals surface area contributed by atoms with Crippen LogP contribution in [0.25, 0.3) is 11.0 Å². The lowest BCUT2D eigenvalue weighted by Gasteiger charge is -2.24. The molecule has 12 nitrogen and oxygen atoms in total. The molecular weight excluding hydrogens is 462 g/mol. The number of carbonyl (C=O) groups excluding carboxylic acids is 2. The van der Waals surface area contributed by atoms with Crippen molar-refractivity contribution in [3.8, 4) is 0 Å². The van der Waals surface area contributed by atoms with E-state index in [1.165, 1.54) is 6.92 Å². The van der Waals surface area contributed by atoms with E-state index in [-0.39, 0.29) is 12.5 Å². The summed E-state index contributed by atoms with van der Waals surface area (Å²) in [6.07, 6.45) is -7.72. The molecule has 12 heteroatoms. The number of imidazole rings is 1. The first kappa shape index (κ1) is 26.1. The highest BCUT2D eigenvalue weighted by Gasteiger charge is 2.25. The maximum atomic E-state index is 12.7. The van der Waals surface area contributed by atoms with Crippen LogP contribution in [0.5, 0.6) is 0 Å². The molecule has 0 fully saturated rings. The predicted octanol–water partition coefficient (Wildman–Crippen LogP) is 0.815. The zero-order chi connectivity index (χ0) is 25.5. The fraction of sp³-hybridized carbons (Fsp3) is 0.348. The maximum absolute atomic E-state index is 12.7. The Labute approximate surface area is 200 Å². The molecule has 0 aliphatic rings. The van der Waals surface area contributed by atoms with Gasteiger partial charge in [-0.2, -0.15) is 0 Å². The molecule has 2 aromatic carbocycles. The zero-order valence-corrected chi connectivity index (χ0v) is 19.1. The second-order valence-corrected chi connectivity index (χ2v) is 7.57. The minimum Gasteiger partial charge on any atom is -0.431 e. The number of aliphatic hydroxyl groups excluding tert-OH is 3. The first-order valence-electron chi connectivity index (χ1n) is 10.7. The lowest BCUT2D eigenvalue weighted by Crippen LogP contribution is -2.40. The molecule has 0 radical (unpaired) electrons. The van der Waals surface area contributed by atoms with Gasteiger partial charge >= 0.3 is 6.16 Å². The summed E-state index contributed by atoms with van der Waals surface area (Å²) in [7, 11) is 1.64. The number of aromatic nitrogens is 2. The van der Waals surface area contributed by atoms with Crippen LogP contribution < -0.4 is 5.32 Å². The second kappa shape index (κ2) is 11.7. The summed E-state index contributed by atoms with van der Waals surface area (Å²) >= 11 is 0. The highest BCUT2D eigenvalue weighted by atomic mass is 16.7. The van der Waals surface area contributed by atoms with Crippen molar-refractivity contribution in [1.82, 2.24) is 9.55 Å². The van der Waals surface area contributed by atoms with Gasteiger partial charge in [-0.3, -0.25) is 9.36 Å². The van der Waals surface area contributed by atoms with Crippen molar-refractivity contribution in [3.63, 3.8) is 0 Å². The van der Waals surface area contributed by atoms with E-state index in [0.717, 1.165) is 0 Å². The molecule has 0 aliphatic heterocycles. The standard InChI is InChI=1S/C23H27N3O9/c1-13(27)18(35-21(31)20(29)30)11-33-23(32)34-12-26-17-9-8-15(10-16(17)25-22(26)24-2)19(28)14-6-4-3-5-7-14/h3-10,13,18,20-21,27,29-31H,11-12H2,1-2H3,(H,24,25). The van der Waals surface area contributed by atoms with Crippen molar-refractivity contribution < 1.29 is 44.2 Å². The van der Waals surface area contributed by atoms with Gasteiger partial charge in [0.25, 0.3) is 0 Å². The number of aliphatic hydroxyl groups is 4. The molecule has 0 saturated heterocycles. The van der Waals surface area contributed by atoms with Gasteiger partial charge in [-0.15, -0.1) is 0 Å². The van der Waals surface area contributed by atoms with Crippen LogP contribution in [0, 0.1) is 0 Å². The monoisotopic (exact) mass is 489 g/mol. The van der Waals surface area contributed by atoms with Crippen molar-refractivity contribution in [3.05, 3.63) is 59.7 Å². The topological polar surface area (TPSA) is 173 Å². The Morgan fingerprint density at radius 1 is 1.03 bits per heavy atom. The molecule has 188 valence electrons. The predicted molar refractivity (Wildman–Crippen MR) is 122 cm³/mol. The highest BCUT2D eigenvalue weighted by molar-refractivity contribution is 6.10. The number of carbonyl (C=O) groups is 2. The number of fused-ring (bicyclic) bond motifs is 1. The Morgan fingerprint density at radius 2 is 1.74 bits per heavy atom. The molecule has 35 heavy (non-hydrogen) atoms. The lowest BCUT2D eigenvalue weighted by atomic mass is 10.0. The quantitative estimate of drug-likeness (QED) is 0.147. The van der Waals surface area contributed by atoms with Gasteiger partial charge in [-0.1, -0.05) is 30.3 Å². The van der Waals surface area contributed by atoms with E-state index in [1.54, 1.807) is 54.1 Å². The molecule has 5 N–H and O–H groups in total. The number of hydrogen-bond acceptors (Lipinski definition) is 11. The van der Waals surface area contributed by atoms with Crippen LogP contribution in [-0.4, -0.2) is 80.4 Å². The van der Waals surface area contributed by atoms with E-state index >= 15 is 0 Å². The van der Waals surface area contributed by atoms with Crippen molar-refractivity contribution in [2.24, 2.45) is 0 Å². The number of nitrogens with zero attached hydrogens (tertiary/aromatic N) is 2. The summed E-state index contributed by atoms with van der Waals surface area (Å²) < 4.78 is 16.4. The van der Waals surface area contributed by atoms with Gasteiger partial charge in [-0.05, 0) is 25.1 Å². The van der Waals surface area contributed by atoms with Crippen LogP contribution in [-0.2, 0) is 20.9 Å². The molecule has 1 aromatic heterocycles. The molecule has 3 rings (SSSR count). The highest BCUT2D eigenvalue weighted by Crippen LogP contribution is 2.22. The Morgan fingerprint density at radius 3 is 2.37 bits per heavy atom. The summed E-state index contributed by atoms with van der Waals surface area (Å²) in [5.74, 6) is 0.226. The van der Waals surface area contributed by atoms with Crippen LogP contribution in [0.3, 0.4) is 0 Å². The van der Waals surface area contributed by atoms with Crippen LogP contribution >= 0.6 is 0 Å². The summed E-state index contributed by atoms with van der Waals surface area (Å²) in [6.45, 7) is 0.508. The maximum Gasteiger partial charge on any atom is 0.510 e. The fourth-order valence-corrected chi connectivity index (χ4v) is 3.20. The average Bonchev–Trinajstić information content (AvgIpc) is 3.21. The first-order chi connectivity index (χ1) is 16.7. The third-order valence-electron chi connectivity index (χ3n) is 5.05. The van der Waals surface area contributed by atoms with E-state index in [0.29, 0.717) is 28.1 Å². The van der Waals surface area contributed by atoms with Gasteiger partial charge in [0, 0.05) is 18.2 Å². The van der Waals surface area contributed by atoms with Gasteiger partial charge in [0.15, 0.2) is 12.5 Å². The van der Waals surface area contributed by atoms with Gasteiger partial charge < -0.3 is 40.0 Å². The van der Waals surface area contributed by atoms with E-state index in [4.69, 9.17) is 24.4 Å². The molecule has 3 unspecified atom stereocenters. The normalized spacial score (nSPS) is 13.9. The Hall–Kier alpha value is -3.55. The van der Waals surface area contributed by atoms with Crippen molar-refractivity contribution in [2.45, 2.75) is 38.4 Å². The summed E-state index contributed by atoms with van der Waals surface area (Å²) in [6, 6.07) is 13.8. The average molecular weight is 489 g/mol. The van der Waals surface area contributed by atoms with Gasteiger partial charge in [0.05, 0.1) is 17.1 Å². The molecule has 1 heterocycles. The Balaban J connectivity index is 1.67. The zero-order valence-electron chi connectivity index (χ0n) is 19.1. The molecular formula is C23H27N3O9. The third kappa shape index (κ3) is 6.53. The smallest absolute Gasteiger partial charge is 0.431 e. The van der Waals surface area contributed by atoms with E-state index in [2.05, 4.69) is 10.3 Å². The summed E-state index contributed by atoms with van der Waals surface area (Å²) in [4.78, 5) is 29.2. The van der Waals surface area contributed by atoms with Gasteiger partial charge in [-0.25, -0.2) is 9.78 Å². The Kier molecular flexibility index (Phi) is 8.73. The second-order valence-electron chi connectivity index (χ2n) is 7.57. The van der Waals surface area contributed by atoms with Crippen molar-refractivity contribution in [1.29, 1.82) is 0 Å². The van der Waals surface area contributed by atoms with Gasteiger partial charge in [0.1, 0.15) is 12.7 Å². The molecule has 0 aliphatic carbocycles.